The van der Waals surface area contributed by atoms with Crippen LogP contribution in [0.1, 0.15) is 23.5 Å². The highest BCUT2D eigenvalue weighted by Crippen LogP contribution is 2.31. The first-order valence-electron chi connectivity index (χ1n) is 6.81. The first-order valence-corrected chi connectivity index (χ1v) is 7.63. The minimum absolute atomic E-state index is 0.0805. The number of hydrogen-bond donors (Lipinski definition) is 1. The minimum atomic E-state index is -0.0805. The Bertz CT molecular complexity index is 626. The Morgan fingerprint density at radius 2 is 2.14 bits per heavy atom. The van der Waals surface area contributed by atoms with E-state index in [1.807, 2.05) is 0 Å². The van der Waals surface area contributed by atoms with Gasteiger partial charge in [0.15, 0.2) is 0 Å². The van der Waals surface area contributed by atoms with Crippen molar-refractivity contribution < 1.29 is 9.53 Å². The Morgan fingerprint density at radius 1 is 1.43 bits per heavy atom. The molecule has 7 heteroatoms. The van der Waals surface area contributed by atoms with Gasteiger partial charge in [-0.15, -0.1) is 11.3 Å². The van der Waals surface area contributed by atoms with Crippen molar-refractivity contribution in [2.24, 2.45) is 5.92 Å². The quantitative estimate of drug-likeness (QED) is 0.883. The number of rotatable bonds is 6. The summed E-state index contributed by atoms with van der Waals surface area (Å²) in [6, 6.07) is 0. The van der Waals surface area contributed by atoms with Gasteiger partial charge in [0.1, 0.15) is 15.2 Å². The van der Waals surface area contributed by atoms with E-state index < -0.39 is 0 Å². The van der Waals surface area contributed by atoms with Crippen molar-refractivity contribution in [2.45, 2.75) is 13.8 Å². The average molecular weight is 308 g/mol. The SMILES string of the molecule is COCCN(CC(C)C)C(=O)c1sc2nccnc2c1N. The lowest BCUT2D eigenvalue weighted by molar-refractivity contribution is 0.0678. The van der Waals surface area contributed by atoms with Gasteiger partial charge in [-0.3, -0.25) is 4.79 Å². The molecule has 0 radical (unpaired) electrons. The van der Waals surface area contributed by atoms with Crippen LogP contribution in [0.15, 0.2) is 12.4 Å². The van der Waals surface area contributed by atoms with Crippen LogP contribution in [0.25, 0.3) is 10.3 Å². The molecule has 0 aliphatic heterocycles. The zero-order valence-electron chi connectivity index (χ0n) is 12.5. The molecule has 2 rings (SSSR count). The number of hydrogen-bond acceptors (Lipinski definition) is 6. The second kappa shape index (κ2) is 6.82. The van der Waals surface area contributed by atoms with E-state index in [0.29, 0.717) is 46.5 Å². The second-order valence-corrected chi connectivity index (χ2v) is 6.19. The van der Waals surface area contributed by atoms with E-state index in [4.69, 9.17) is 10.5 Å². The number of methoxy groups -OCH3 is 1. The van der Waals surface area contributed by atoms with Crippen molar-refractivity contribution in [3.8, 4) is 0 Å². The fourth-order valence-electron chi connectivity index (χ4n) is 2.06. The number of thiophene rings is 1. The third-order valence-electron chi connectivity index (χ3n) is 3.00. The molecule has 2 aromatic rings. The molecule has 2 N–H and O–H groups in total. The third-order valence-corrected chi connectivity index (χ3v) is 4.09. The molecule has 0 aliphatic carbocycles. The summed E-state index contributed by atoms with van der Waals surface area (Å²) in [5, 5.41) is 0. The number of fused-ring (bicyclic) bond motifs is 1. The van der Waals surface area contributed by atoms with Crippen LogP contribution in [-0.2, 0) is 4.74 Å². The second-order valence-electron chi connectivity index (χ2n) is 5.19. The maximum absolute atomic E-state index is 12.7. The summed E-state index contributed by atoms with van der Waals surface area (Å²) < 4.78 is 5.08. The van der Waals surface area contributed by atoms with Gasteiger partial charge in [-0.1, -0.05) is 13.8 Å². The van der Waals surface area contributed by atoms with Crippen molar-refractivity contribution in [3.63, 3.8) is 0 Å². The molecule has 2 heterocycles. The molecule has 0 spiro atoms. The van der Waals surface area contributed by atoms with Gasteiger partial charge in [-0.25, -0.2) is 9.97 Å². The van der Waals surface area contributed by atoms with Gasteiger partial charge in [0.05, 0.1) is 12.3 Å². The number of carbonyl (C=O) groups excluding carboxylic acids is 1. The molecule has 0 bridgehead atoms. The number of amides is 1. The van der Waals surface area contributed by atoms with Crippen molar-refractivity contribution in [1.29, 1.82) is 0 Å². The van der Waals surface area contributed by atoms with E-state index >= 15 is 0 Å². The molecule has 0 unspecified atom stereocenters. The zero-order valence-corrected chi connectivity index (χ0v) is 13.3. The number of aromatic nitrogens is 2. The number of nitrogens with zero attached hydrogens (tertiary/aromatic N) is 3. The van der Waals surface area contributed by atoms with Crippen molar-refractivity contribution >= 4 is 33.3 Å². The predicted molar refractivity (Wildman–Crippen MR) is 84.4 cm³/mol. The molecule has 0 fully saturated rings. The van der Waals surface area contributed by atoms with Gasteiger partial charge in [0.2, 0.25) is 0 Å². The van der Waals surface area contributed by atoms with E-state index in [9.17, 15) is 4.79 Å². The van der Waals surface area contributed by atoms with Crippen LogP contribution < -0.4 is 5.73 Å². The van der Waals surface area contributed by atoms with E-state index in [1.54, 1.807) is 24.4 Å². The third kappa shape index (κ3) is 3.48. The highest BCUT2D eigenvalue weighted by atomic mass is 32.1. The number of nitrogens with two attached hydrogens (primary N) is 1. The first kappa shape index (κ1) is 15.7. The van der Waals surface area contributed by atoms with Crippen LogP contribution in [0.4, 0.5) is 5.69 Å². The molecule has 0 saturated carbocycles. The molecular formula is C14H20N4O2S. The van der Waals surface area contributed by atoms with Gasteiger partial charge in [-0.2, -0.15) is 0 Å². The standard InChI is InChI=1S/C14H20N4O2S/c1-9(2)8-18(6-7-20-3)14(19)12-10(15)11-13(21-12)17-5-4-16-11/h4-5,9H,6-8,15H2,1-3H3. The Labute approximate surface area is 127 Å². The minimum Gasteiger partial charge on any atom is -0.396 e. The van der Waals surface area contributed by atoms with E-state index in [1.165, 1.54) is 11.3 Å². The smallest absolute Gasteiger partial charge is 0.266 e. The van der Waals surface area contributed by atoms with E-state index in [0.717, 1.165) is 0 Å². The fraction of sp³-hybridized carbons (Fsp3) is 0.500. The Kier molecular flexibility index (Phi) is 5.08. The summed E-state index contributed by atoms with van der Waals surface area (Å²) in [4.78, 5) is 24.1. The van der Waals surface area contributed by atoms with Gasteiger partial charge >= 0.3 is 0 Å². The highest BCUT2D eigenvalue weighted by molar-refractivity contribution is 7.21. The summed E-state index contributed by atoms with van der Waals surface area (Å²) in [7, 11) is 1.62. The van der Waals surface area contributed by atoms with Gasteiger partial charge in [-0.05, 0) is 5.92 Å². The summed E-state index contributed by atoms with van der Waals surface area (Å²) in [6.07, 6.45) is 3.18. The topological polar surface area (TPSA) is 81.3 Å². The van der Waals surface area contributed by atoms with E-state index in [2.05, 4.69) is 23.8 Å². The number of ether oxygens (including phenoxy) is 1. The monoisotopic (exact) mass is 308 g/mol. The highest BCUT2D eigenvalue weighted by Gasteiger charge is 2.23. The molecule has 0 aliphatic rings. The molecule has 1 amide bonds. The van der Waals surface area contributed by atoms with Crippen molar-refractivity contribution in [1.82, 2.24) is 14.9 Å². The van der Waals surface area contributed by atoms with E-state index in [-0.39, 0.29) is 5.91 Å². The lowest BCUT2D eigenvalue weighted by Crippen LogP contribution is -2.36. The van der Waals surface area contributed by atoms with Crippen LogP contribution in [-0.4, -0.2) is 47.6 Å². The van der Waals surface area contributed by atoms with Gasteiger partial charge in [0.25, 0.3) is 5.91 Å². The van der Waals surface area contributed by atoms with Gasteiger partial charge in [0, 0.05) is 32.6 Å². The Morgan fingerprint density at radius 3 is 2.76 bits per heavy atom. The molecule has 0 atom stereocenters. The van der Waals surface area contributed by atoms with Crippen molar-refractivity contribution in [2.75, 3.05) is 32.5 Å². The molecule has 6 nitrogen and oxygen atoms in total. The number of anilines is 1. The lowest BCUT2D eigenvalue weighted by atomic mass is 10.2. The maximum Gasteiger partial charge on any atom is 0.266 e. The van der Waals surface area contributed by atoms with Gasteiger partial charge < -0.3 is 15.4 Å². The van der Waals surface area contributed by atoms with Crippen LogP contribution in [0.5, 0.6) is 0 Å². The summed E-state index contributed by atoms with van der Waals surface area (Å²) >= 11 is 1.29. The fourth-order valence-corrected chi connectivity index (χ4v) is 3.05. The largest absolute Gasteiger partial charge is 0.396 e. The molecule has 2 aromatic heterocycles. The average Bonchev–Trinajstić information content (AvgIpc) is 2.80. The van der Waals surface area contributed by atoms with Crippen LogP contribution in [0.2, 0.25) is 0 Å². The number of carbonyl (C=O) groups is 1. The first-order chi connectivity index (χ1) is 10.0. The Balaban J connectivity index is 2.31. The molecule has 114 valence electrons. The van der Waals surface area contributed by atoms with Crippen LogP contribution in [0.3, 0.4) is 0 Å². The molecule has 0 aromatic carbocycles. The molecule has 0 saturated heterocycles. The number of nitrogen functional groups attached to an aromatic ring is 1. The maximum atomic E-state index is 12.7. The lowest BCUT2D eigenvalue weighted by Gasteiger charge is -2.23. The predicted octanol–water partition coefficient (Wildman–Crippen LogP) is 2.02. The molecular weight excluding hydrogens is 288 g/mol. The zero-order chi connectivity index (χ0) is 15.4. The Hall–Kier alpha value is -1.73. The summed E-state index contributed by atoms with van der Waals surface area (Å²) in [5.74, 6) is 0.292. The van der Waals surface area contributed by atoms with Crippen LogP contribution >= 0.6 is 11.3 Å². The summed E-state index contributed by atoms with van der Waals surface area (Å²) in [6.45, 7) is 5.85. The molecule has 21 heavy (non-hydrogen) atoms. The summed E-state index contributed by atoms with van der Waals surface area (Å²) in [5.41, 5.74) is 7.08. The van der Waals surface area contributed by atoms with Crippen molar-refractivity contribution in [3.05, 3.63) is 17.3 Å². The normalized spacial score (nSPS) is 11.2. The van der Waals surface area contributed by atoms with Crippen LogP contribution in [0, 0.1) is 5.92 Å².